The van der Waals surface area contributed by atoms with Crippen molar-refractivity contribution < 1.29 is 9.53 Å². The van der Waals surface area contributed by atoms with Crippen LogP contribution in [0.5, 0.6) is 0 Å². The van der Waals surface area contributed by atoms with Crippen molar-refractivity contribution in [3.63, 3.8) is 0 Å². The van der Waals surface area contributed by atoms with E-state index in [4.69, 9.17) is 21.3 Å². The summed E-state index contributed by atoms with van der Waals surface area (Å²) < 4.78 is 8.27. The van der Waals surface area contributed by atoms with Gasteiger partial charge in [-0.05, 0) is 37.5 Å². The third-order valence-corrected chi connectivity index (χ3v) is 6.04. The van der Waals surface area contributed by atoms with Crippen LogP contribution in [0.3, 0.4) is 0 Å². The number of aryl methyl sites for hydroxylation is 2. The van der Waals surface area contributed by atoms with Gasteiger partial charge < -0.3 is 4.74 Å². The smallest absolute Gasteiger partial charge is 0.280 e. The van der Waals surface area contributed by atoms with Crippen LogP contribution in [-0.4, -0.2) is 39.9 Å². The highest BCUT2D eigenvalue weighted by Gasteiger charge is 2.28. The second-order valence-corrected chi connectivity index (χ2v) is 7.85. The van der Waals surface area contributed by atoms with Crippen molar-refractivity contribution in [1.29, 1.82) is 0 Å². The van der Waals surface area contributed by atoms with Gasteiger partial charge in [0.05, 0.1) is 27.9 Å². The molecule has 1 atom stereocenters. The molecule has 3 aromatic rings. The summed E-state index contributed by atoms with van der Waals surface area (Å²) in [6.45, 7) is 3.19. The van der Waals surface area contributed by atoms with E-state index in [1.807, 2.05) is 19.1 Å². The van der Waals surface area contributed by atoms with Crippen molar-refractivity contribution in [2.24, 2.45) is 7.05 Å². The number of ether oxygens (including phenoxy) is 1. The number of carbonyl (C=O) groups excluding carboxylic acids is 1. The molecule has 0 bridgehead atoms. The maximum Gasteiger partial charge on any atom is 0.280 e. The molecule has 4 rings (SSSR count). The summed E-state index contributed by atoms with van der Waals surface area (Å²) in [7, 11) is 1.79. The van der Waals surface area contributed by atoms with Crippen molar-refractivity contribution in [3.8, 4) is 0 Å². The largest absolute Gasteiger partial charge is 0.376 e. The first-order chi connectivity index (χ1) is 12.5. The number of anilines is 1. The third-order valence-electron chi connectivity index (χ3n) is 4.50. The van der Waals surface area contributed by atoms with E-state index < -0.39 is 0 Å². The van der Waals surface area contributed by atoms with Gasteiger partial charge in [0.15, 0.2) is 10.8 Å². The summed E-state index contributed by atoms with van der Waals surface area (Å²) in [5.41, 5.74) is 2.27. The Morgan fingerprint density at radius 1 is 1.46 bits per heavy atom. The second-order valence-electron chi connectivity index (χ2n) is 6.46. The van der Waals surface area contributed by atoms with Crippen molar-refractivity contribution in [2.75, 3.05) is 18.1 Å². The van der Waals surface area contributed by atoms with Gasteiger partial charge >= 0.3 is 0 Å². The Bertz CT molecular complexity index is 922. The predicted octanol–water partition coefficient (Wildman–Crippen LogP) is 3.82. The zero-order valence-corrected chi connectivity index (χ0v) is 16.2. The SMILES string of the molecule is Cc1ccc(Cl)c2sc(N(CC3CCCO3)C(=O)c3ccn(C)n3)nc12. The van der Waals surface area contributed by atoms with E-state index in [0.29, 0.717) is 22.4 Å². The Morgan fingerprint density at radius 2 is 2.31 bits per heavy atom. The van der Waals surface area contributed by atoms with E-state index >= 15 is 0 Å². The van der Waals surface area contributed by atoms with Crippen LogP contribution in [-0.2, 0) is 11.8 Å². The molecular weight excluding hydrogens is 372 g/mol. The number of aromatic nitrogens is 3. The number of thiazole rings is 1. The molecule has 1 aromatic carbocycles. The summed E-state index contributed by atoms with van der Waals surface area (Å²) >= 11 is 7.78. The van der Waals surface area contributed by atoms with E-state index in [2.05, 4.69) is 5.10 Å². The average molecular weight is 391 g/mol. The lowest BCUT2D eigenvalue weighted by Gasteiger charge is -2.22. The van der Waals surface area contributed by atoms with Crippen molar-refractivity contribution >= 4 is 44.2 Å². The zero-order chi connectivity index (χ0) is 18.3. The molecule has 2 aromatic heterocycles. The van der Waals surface area contributed by atoms with Crippen LogP contribution in [0, 0.1) is 6.92 Å². The molecule has 0 saturated carbocycles. The molecular formula is C18H19ClN4O2S. The van der Waals surface area contributed by atoms with E-state index in [1.165, 1.54) is 11.3 Å². The minimum absolute atomic E-state index is 0.0197. The lowest BCUT2D eigenvalue weighted by molar-refractivity contribution is 0.0913. The van der Waals surface area contributed by atoms with Gasteiger partial charge in [0.1, 0.15) is 0 Å². The molecule has 0 radical (unpaired) electrons. The molecule has 8 heteroatoms. The molecule has 1 fully saturated rings. The number of nitrogens with zero attached hydrogens (tertiary/aromatic N) is 4. The van der Waals surface area contributed by atoms with E-state index in [0.717, 1.165) is 35.2 Å². The van der Waals surface area contributed by atoms with Gasteiger partial charge in [-0.1, -0.05) is 29.0 Å². The van der Waals surface area contributed by atoms with E-state index in [1.54, 1.807) is 28.9 Å². The van der Waals surface area contributed by atoms with E-state index in [-0.39, 0.29) is 12.0 Å². The Balaban J connectivity index is 1.75. The highest BCUT2D eigenvalue weighted by molar-refractivity contribution is 7.23. The van der Waals surface area contributed by atoms with Crippen LogP contribution in [0.2, 0.25) is 5.02 Å². The number of fused-ring (bicyclic) bond motifs is 1. The fourth-order valence-corrected chi connectivity index (χ4v) is 4.44. The van der Waals surface area contributed by atoms with Crippen LogP contribution >= 0.6 is 22.9 Å². The number of hydrogen-bond donors (Lipinski definition) is 0. The lowest BCUT2D eigenvalue weighted by atomic mass is 10.2. The Kier molecular flexibility index (Phi) is 4.69. The van der Waals surface area contributed by atoms with Gasteiger partial charge in [0.25, 0.3) is 5.91 Å². The van der Waals surface area contributed by atoms with Crippen molar-refractivity contribution in [1.82, 2.24) is 14.8 Å². The molecule has 0 N–H and O–H groups in total. The zero-order valence-electron chi connectivity index (χ0n) is 14.6. The van der Waals surface area contributed by atoms with Crippen LogP contribution < -0.4 is 4.90 Å². The van der Waals surface area contributed by atoms with Gasteiger partial charge in [-0.15, -0.1) is 0 Å². The summed E-state index contributed by atoms with van der Waals surface area (Å²) in [6.07, 6.45) is 3.74. The first-order valence-electron chi connectivity index (χ1n) is 8.51. The maximum atomic E-state index is 13.1. The third kappa shape index (κ3) is 3.22. The Hall–Kier alpha value is -1.96. The quantitative estimate of drug-likeness (QED) is 0.679. The number of amides is 1. The van der Waals surface area contributed by atoms with Gasteiger partial charge in [-0.3, -0.25) is 14.4 Å². The van der Waals surface area contributed by atoms with Gasteiger partial charge in [-0.25, -0.2) is 4.98 Å². The molecule has 1 aliphatic rings. The first-order valence-corrected chi connectivity index (χ1v) is 9.71. The summed E-state index contributed by atoms with van der Waals surface area (Å²) in [4.78, 5) is 19.5. The number of hydrogen-bond acceptors (Lipinski definition) is 5. The highest BCUT2D eigenvalue weighted by Crippen LogP contribution is 2.36. The van der Waals surface area contributed by atoms with Crippen LogP contribution in [0.25, 0.3) is 10.2 Å². The van der Waals surface area contributed by atoms with Crippen molar-refractivity contribution in [2.45, 2.75) is 25.9 Å². The van der Waals surface area contributed by atoms with Crippen LogP contribution in [0.4, 0.5) is 5.13 Å². The number of rotatable bonds is 4. The first kappa shape index (κ1) is 17.5. The monoisotopic (exact) mass is 390 g/mol. The number of halogens is 1. The average Bonchev–Trinajstić information content (AvgIpc) is 3.35. The van der Waals surface area contributed by atoms with Gasteiger partial charge in [0.2, 0.25) is 0 Å². The summed E-state index contributed by atoms with van der Waals surface area (Å²) in [5.74, 6) is -0.172. The molecule has 6 nitrogen and oxygen atoms in total. The topological polar surface area (TPSA) is 60.2 Å². The van der Waals surface area contributed by atoms with Crippen LogP contribution in [0.15, 0.2) is 24.4 Å². The molecule has 136 valence electrons. The summed E-state index contributed by atoms with van der Waals surface area (Å²) in [6, 6.07) is 5.53. The standard InChI is InChI=1S/C18H19ClN4O2S/c1-11-5-6-13(19)16-15(11)20-18(26-16)23(10-12-4-3-9-25-12)17(24)14-7-8-22(2)21-14/h5-8,12H,3-4,9-10H2,1-2H3. The second kappa shape index (κ2) is 6.98. The van der Waals surface area contributed by atoms with E-state index in [9.17, 15) is 4.79 Å². The Labute approximate surface area is 160 Å². The fourth-order valence-electron chi connectivity index (χ4n) is 3.11. The number of carbonyl (C=O) groups is 1. The molecule has 26 heavy (non-hydrogen) atoms. The predicted molar refractivity (Wildman–Crippen MR) is 103 cm³/mol. The number of benzene rings is 1. The molecule has 1 aliphatic heterocycles. The van der Waals surface area contributed by atoms with Crippen LogP contribution in [0.1, 0.15) is 28.9 Å². The molecule has 1 saturated heterocycles. The maximum absolute atomic E-state index is 13.1. The minimum Gasteiger partial charge on any atom is -0.376 e. The van der Waals surface area contributed by atoms with Gasteiger partial charge in [0, 0.05) is 19.9 Å². The molecule has 0 spiro atoms. The normalized spacial score (nSPS) is 17.1. The highest BCUT2D eigenvalue weighted by atomic mass is 35.5. The van der Waals surface area contributed by atoms with Crippen molar-refractivity contribution in [3.05, 3.63) is 40.7 Å². The molecule has 1 unspecified atom stereocenters. The Morgan fingerprint density at radius 3 is 2.96 bits per heavy atom. The van der Waals surface area contributed by atoms with Gasteiger partial charge in [-0.2, -0.15) is 5.10 Å². The lowest BCUT2D eigenvalue weighted by Crippen LogP contribution is -2.37. The fraction of sp³-hybridized carbons (Fsp3) is 0.389. The minimum atomic E-state index is -0.172. The summed E-state index contributed by atoms with van der Waals surface area (Å²) in [5, 5.41) is 5.53. The molecule has 0 aliphatic carbocycles. The molecule has 1 amide bonds. The molecule has 3 heterocycles.